The fraction of sp³-hybridized carbons (Fsp3) is 0.391. The van der Waals surface area contributed by atoms with Crippen molar-refractivity contribution in [1.29, 1.82) is 0 Å². The molecule has 0 spiro atoms. The van der Waals surface area contributed by atoms with Crippen molar-refractivity contribution in [3.05, 3.63) is 63.9 Å². The van der Waals surface area contributed by atoms with Gasteiger partial charge in [0.1, 0.15) is 5.82 Å². The van der Waals surface area contributed by atoms with Crippen LogP contribution in [0.2, 0.25) is 5.02 Å². The highest BCUT2D eigenvalue weighted by atomic mass is 35.5. The van der Waals surface area contributed by atoms with E-state index in [0.29, 0.717) is 19.6 Å². The van der Waals surface area contributed by atoms with Gasteiger partial charge in [-0.25, -0.2) is 4.39 Å². The van der Waals surface area contributed by atoms with Crippen LogP contribution in [0.15, 0.2) is 36.4 Å². The molecule has 0 aliphatic carbocycles. The number of hydrogen-bond donors (Lipinski definition) is 3. The van der Waals surface area contributed by atoms with Gasteiger partial charge in [-0.1, -0.05) is 49.7 Å². The molecule has 0 unspecified atom stereocenters. The van der Waals surface area contributed by atoms with Gasteiger partial charge in [-0.15, -0.1) is 0 Å². The first kappa shape index (κ1) is 23.2. The number of nitrogens with zero attached hydrogens (tertiary/aromatic N) is 1. The number of β-amino-alcohol motifs (C(OH)–C–C–N with tert-alkyl or cyclic N) is 1. The second-order valence-corrected chi connectivity index (χ2v) is 8.51. The number of amides is 2. The highest BCUT2D eigenvalue weighted by molar-refractivity contribution is 6.31. The number of anilines is 1. The molecule has 2 aromatic carbocycles. The Hall–Kier alpha value is -2.48. The lowest BCUT2D eigenvalue weighted by Crippen LogP contribution is -2.65. The van der Waals surface area contributed by atoms with Crippen LogP contribution in [0.1, 0.15) is 41.3 Å². The van der Waals surface area contributed by atoms with E-state index in [9.17, 15) is 19.1 Å². The van der Waals surface area contributed by atoms with Crippen LogP contribution < -0.4 is 10.6 Å². The Morgan fingerprint density at radius 3 is 2.55 bits per heavy atom. The maximum absolute atomic E-state index is 14.2. The van der Waals surface area contributed by atoms with Gasteiger partial charge in [0.25, 0.3) is 5.91 Å². The number of likely N-dealkylation sites (tertiary alicyclic amines) is 1. The Morgan fingerprint density at radius 1 is 1.26 bits per heavy atom. The lowest BCUT2D eigenvalue weighted by atomic mass is 9.69. The number of carbonyl (C=O) groups excluding carboxylic acids is 2. The predicted molar refractivity (Wildman–Crippen MR) is 119 cm³/mol. The molecule has 1 aliphatic rings. The molecule has 1 heterocycles. The van der Waals surface area contributed by atoms with Crippen LogP contribution in [-0.4, -0.2) is 55.1 Å². The van der Waals surface area contributed by atoms with Crippen LogP contribution in [0.5, 0.6) is 0 Å². The largest absolute Gasteiger partial charge is 0.395 e. The zero-order chi connectivity index (χ0) is 22.8. The molecule has 31 heavy (non-hydrogen) atoms. The molecule has 0 atom stereocenters. The second-order valence-electron chi connectivity index (χ2n) is 8.10. The van der Waals surface area contributed by atoms with Crippen molar-refractivity contribution in [1.82, 2.24) is 10.2 Å². The molecular weight excluding hydrogens is 421 g/mol. The van der Waals surface area contributed by atoms with Gasteiger partial charge >= 0.3 is 0 Å². The van der Waals surface area contributed by atoms with E-state index in [2.05, 4.69) is 24.5 Å². The van der Waals surface area contributed by atoms with E-state index in [1.54, 1.807) is 0 Å². The number of rotatable bonds is 7. The molecule has 1 fully saturated rings. The summed E-state index contributed by atoms with van der Waals surface area (Å²) in [6.07, 6.45) is 0. The minimum absolute atomic E-state index is 0.00720. The van der Waals surface area contributed by atoms with E-state index in [-0.39, 0.29) is 34.7 Å². The van der Waals surface area contributed by atoms with Gasteiger partial charge in [0.05, 0.1) is 28.3 Å². The summed E-state index contributed by atoms with van der Waals surface area (Å²) in [5.74, 6) is -1.34. The highest BCUT2D eigenvalue weighted by Gasteiger charge is 2.51. The zero-order valence-electron chi connectivity index (χ0n) is 17.8. The summed E-state index contributed by atoms with van der Waals surface area (Å²) < 4.78 is 14.2. The normalized spacial score (nSPS) is 15.5. The Labute approximate surface area is 186 Å². The van der Waals surface area contributed by atoms with Crippen LogP contribution in [-0.2, 0) is 10.2 Å². The number of carbonyl (C=O) groups is 2. The van der Waals surface area contributed by atoms with Crippen molar-refractivity contribution in [2.24, 2.45) is 0 Å². The summed E-state index contributed by atoms with van der Waals surface area (Å²) in [4.78, 5) is 27.9. The summed E-state index contributed by atoms with van der Waals surface area (Å²) in [5, 5.41) is 14.4. The van der Waals surface area contributed by atoms with Crippen LogP contribution in [0.3, 0.4) is 0 Å². The molecule has 3 N–H and O–H groups in total. The van der Waals surface area contributed by atoms with E-state index < -0.39 is 17.1 Å². The van der Waals surface area contributed by atoms with Crippen molar-refractivity contribution in [2.45, 2.75) is 25.2 Å². The lowest BCUT2D eigenvalue weighted by Gasteiger charge is -2.50. The fourth-order valence-electron chi connectivity index (χ4n) is 4.10. The van der Waals surface area contributed by atoms with Gasteiger partial charge in [-0.05, 0) is 29.2 Å². The summed E-state index contributed by atoms with van der Waals surface area (Å²) in [6.45, 7) is 5.40. The second kappa shape index (κ2) is 9.34. The maximum Gasteiger partial charge on any atom is 0.253 e. The molecule has 3 rings (SSSR count). The summed E-state index contributed by atoms with van der Waals surface area (Å²) in [6, 6.07) is 10.0. The molecule has 0 radical (unpaired) electrons. The predicted octanol–water partition coefficient (Wildman–Crippen LogP) is 3.15. The van der Waals surface area contributed by atoms with Crippen LogP contribution >= 0.6 is 11.6 Å². The first-order chi connectivity index (χ1) is 14.7. The Balaban J connectivity index is 2.03. The fourth-order valence-corrected chi connectivity index (χ4v) is 4.27. The molecule has 0 saturated carbocycles. The SMILES string of the molecule is CNC(=O)c1cc(Cl)c(F)cc1NC(=O)C1(c2ccccc2C(C)C)CN(CCO)C1. The average Bonchev–Trinajstić information content (AvgIpc) is 2.72. The number of aliphatic hydroxyl groups is 1. The monoisotopic (exact) mass is 447 g/mol. The number of halogens is 2. The average molecular weight is 448 g/mol. The lowest BCUT2D eigenvalue weighted by molar-refractivity contribution is -0.128. The molecule has 1 aliphatic heterocycles. The zero-order valence-corrected chi connectivity index (χ0v) is 18.6. The first-order valence-corrected chi connectivity index (χ1v) is 10.6. The maximum atomic E-state index is 14.2. The van der Waals surface area contributed by atoms with Gasteiger partial charge in [0.15, 0.2) is 0 Å². The summed E-state index contributed by atoms with van der Waals surface area (Å²) in [5.41, 5.74) is 1.21. The molecule has 8 heteroatoms. The molecule has 0 aromatic heterocycles. The minimum Gasteiger partial charge on any atom is -0.395 e. The standard InChI is InChI=1S/C23H27ClFN3O3/c1-14(2)15-6-4-5-7-17(15)23(12-28(13-23)8-9-29)22(31)27-20-11-19(25)18(24)10-16(20)21(30)26-3/h4-7,10-11,14,29H,8-9,12-13H2,1-3H3,(H,26,30)(H,27,31). The van der Waals surface area contributed by atoms with Gasteiger partial charge in [0.2, 0.25) is 5.91 Å². The Morgan fingerprint density at radius 2 is 1.94 bits per heavy atom. The quantitative estimate of drug-likeness (QED) is 0.609. The minimum atomic E-state index is -0.883. The topological polar surface area (TPSA) is 81.7 Å². The van der Waals surface area contributed by atoms with Gasteiger partial charge in [0, 0.05) is 26.7 Å². The summed E-state index contributed by atoms with van der Waals surface area (Å²) in [7, 11) is 1.45. The summed E-state index contributed by atoms with van der Waals surface area (Å²) >= 11 is 5.86. The van der Waals surface area contributed by atoms with Crippen molar-refractivity contribution < 1.29 is 19.1 Å². The Kier molecular flexibility index (Phi) is 6.99. The third-order valence-electron chi connectivity index (χ3n) is 5.72. The highest BCUT2D eigenvalue weighted by Crippen LogP contribution is 2.40. The van der Waals surface area contributed by atoms with Gasteiger partial charge < -0.3 is 15.7 Å². The third-order valence-corrected chi connectivity index (χ3v) is 6.01. The van der Waals surface area contributed by atoms with Crippen LogP contribution in [0.25, 0.3) is 0 Å². The molecule has 0 bridgehead atoms. The Bertz CT molecular complexity index is 990. The van der Waals surface area contributed by atoms with Crippen molar-refractivity contribution in [3.8, 4) is 0 Å². The van der Waals surface area contributed by atoms with Crippen molar-refractivity contribution in [2.75, 3.05) is 38.6 Å². The van der Waals surface area contributed by atoms with Crippen molar-refractivity contribution >= 4 is 29.1 Å². The van der Waals surface area contributed by atoms with E-state index in [0.717, 1.165) is 17.2 Å². The molecule has 6 nitrogen and oxygen atoms in total. The smallest absolute Gasteiger partial charge is 0.253 e. The van der Waals surface area contributed by atoms with E-state index in [1.165, 1.54) is 13.1 Å². The number of benzene rings is 2. The third kappa shape index (κ3) is 4.44. The number of nitrogens with one attached hydrogen (secondary N) is 2. The van der Waals surface area contributed by atoms with E-state index in [4.69, 9.17) is 11.6 Å². The number of hydrogen-bond acceptors (Lipinski definition) is 4. The number of aliphatic hydroxyl groups excluding tert-OH is 1. The van der Waals surface area contributed by atoms with E-state index in [1.807, 2.05) is 29.2 Å². The molecular formula is C23H27ClFN3O3. The van der Waals surface area contributed by atoms with Crippen LogP contribution in [0, 0.1) is 5.82 Å². The van der Waals surface area contributed by atoms with E-state index >= 15 is 0 Å². The van der Waals surface area contributed by atoms with Crippen molar-refractivity contribution in [3.63, 3.8) is 0 Å². The first-order valence-electron chi connectivity index (χ1n) is 10.2. The molecule has 166 valence electrons. The van der Waals surface area contributed by atoms with Gasteiger partial charge in [-0.2, -0.15) is 0 Å². The molecule has 2 amide bonds. The van der Waals surface area contributed by atoms with Crippen LogP contribution in [0.4, 0.5) is 10.1 Å². The molecule has 2 aromatic rings. The molecule has 1 saturated heterocycles. The van der Waals surface area contributed by atoms with Gasteiger partial charge in [-0.3, -0.25) is 14.5 Å².